The molecule has 0 aromatic heterocycles. The fourth-order valence-corrected chi connectivity index (χ4v) is 9.38. The third kappa shape index (κ3) is 16.7. The molecular weight excluding hydrogens is 917 g/mol. The number of aromatic hydroxyl groups is 4. The quantitative estimate of drug-likeness (QED) is 0.0775. The third-order valence-electron chi connectivity index (χ3n) is 14.5. The summed E-state index contributed by atoms with van der Waals surface area (Å²) in [6.45, 7) is 56.9. The molecule has 0 aliphatic rings. The lowest BCUT2D eigenvalue weighted by molar-refractivity contribution is 0.0281. The van der Waals surface area contributed by atoms with Crippen LogP contribution in [0.4, 0.5) is 0 Å². The van der Waals surface area contributed by atoms with Crippen LogP contribution in [0.2, 0.25) is 0 Å². The minimum atomic E-state index is -0.268. The van der Waals surface area contributed by atoms with Crippen molar-refractivity contribution in [3.05, 3.63) is 115 Å². The molecule has 0 atom stereocenters. The van der Waals surface area contributed by atoms with Crippen LogP contribution in [0.5, 0.6) is 23.0 Å². The Morgan fingerprint density at radius 2 is 0.473 bits per heavy atom. The molecule has 0 fully saturated rings. The summed E-state index contributed by atoms with van der Waals surface area (Å²) in [5.74, 6) is 1.28. The first-order valence-electron chi connectivity index (χ1n) is 27.5. The summed E-state index contributed by atoms with van der Waals surface area (Å²) in [6.07, 6.45) is 0. The van der Waals surface area contributed by atoms with E-state index in [1.165, 1.54) is 22.3 Å². The third-order valence-corrected chi connectivity index (χ3v) is 14.5. The Hall–Kier alpha value is -4.08. The molecule has 0 spiro atoms. The first-order chi connectivity index (χ1) is 33.4. The molecule has 8 heteroatoms. The van der Waals surface area contributed by atoms with E-state index in [0.29, 0.717) is 88.7 Å². The zero-order chi connectivity index (χ0) is 56.5. The molecule has 414 valence electrons. The standard InChI is InChI=1S/C66H104N2O6/c1-59(2,3)47-31-43(55(69)51(35-47)63(13,14)15)39-67(40-44-32-48(60(4,5)6)36-52(56(44)70)64(16,17)18)25-27-73-29-30-74-28-26-68(41-45-33-49(61(7,8)9)37-53(57(45)71)65(19,20)21)42-46-34-50(62(10,11)12)38-54(58(46)72)66(22,23)24/h31-38,69-72H,25-30,39-42H2,1-24H3. The van der Waals surface area contributed by atoms with Crippen molar-refractivity contribution in [3.63, 3.8) is 0 Å². The first kappa shape index (κ1) is 62.5. The number of phenolic OH excluding ortho intramolecular Hbond substituents is 4. The lowest BCUT2D eigenvalue weighted by Gasteiger charge is -2.31. The van der Waals surface area contributed by atoms with Crippen molar-refractivity contribution in [2.45, 2.75) is 236 Å². The molecule has 0 heterocycles. The maximum Gasteiger partial charge on any atom is 0.123 e. The normalized spacial score (nSPS) is 13.7. The maximum absolute atomic E-state index is 11.9. The van der Waals surface area contributed by atoms with Gasteiger partial charge >= 0.3 is 0 Å². The van der Waals surface area contributed by atoms with Crippen molar-refractivity contribution in [1.82, 2.24) is 9.80 Å². The zero-order valence-corrected chi connectivity index (χ0v) is 51.2. The van der Waals surface area contributed by atoms with Gasteiger partial charge in [-0.2, -0.15) is 0 Å². The van der Waals surface area contributed by atoms with E-state index in [1.807, 2.05) is 0 Å². The second-order valence-electron chi connectivity index (χ2n) is 29.8. The van der Waals surface area contributed by atoms with Crippen LogP contribution in [0.25, 0.3) is 0 Å². The largest absolute Gasteiger partial charge is 0.507 e. The molecule has 4 N–H and O–H groups in total. The lowest BCUT2D eigenvalue weighted by atomic mass is 9.78. The summed E-state index contributed by atoms with van der Waals surface area (Å²) in [5, 5.41) is 47.7. The van der Waals surface area contributed by atoms with Crippen LogP contribution in [0.3, 0.4) is 0 Å². The van der Waals surface area contributed by atoms with Gasteiger partial charge in [0.15, 0.2) is 0 Å². The summed E-state index contributed by atoms with van der Waals surface area (Å²) >= 11 is 0. The molecule has 0 aliphatic heterocycles. The predicted octanol–water partition coefficient (Wildman–Crippen LogP) is 15.6. The van der Waals surface area contributed by atoms with E-state index in [4.69, 9.17) is 9.47 Å². The number of hydrogen-bond acceptors (Lipinski definition) is 8. The Kier molecular flexibility index (Phi) is 19.3. The number of hydrogen-bond donors (Lipinski definition) is 4. The highest BCUT2D eigenvalue weighted by atomic mass is 16.5. The molecule has 0 amide bonds. The smallest absolute Gasteiger partial charge is 0.123 e. The number of benzene rings is 4. The van der Waals surface area contributed by atoms with Crippen molar-refractivity contribution < 1.29 is 29.9 Å². The summed E-state index contributed by atoms with van der Waals surface area (Å²) in [7, 11) is 0. The predicted molar refractivity (Wildman–Crippen MR) is 312 cm³/mol. The van der Waals surface area contributed by atoms with Gasteiger partial charge in [-0.05, 0) is 87.8 Å². The van der Waals surface area contributed by atoms with E-state index in [1.54, 1.807) is 0 Å². The van der Waals surface area contributed by atoms with Crippen molar-refractivity contribution in [1.29, 1.82) is 0 Å². The Morgan fingerprint density at radius 1 is 0.284 bits per heavy atom. The van der Waals surface area contributed by atoms with E-state index in [-0.39, 0.29) is 43.3 Å². The van der Waals surface area contributed by atoms with Crippen molar-refractivity contribution >= 4 is 0 Å². The van der Waals surface area contributed by atoms with Gasteiger partial charge in [-0.1, -0.05) is 215 Å². The second kappa shape index (κ2) is 22.9. The Labute approximate surface area is 451 Å². The molecule has 0 radical (unpaired) electrons. The highest BCUT2D eigenvalue weighted by molar-refractivity contribution is 5.52. The molecular formula is C66H104N2O6. The Bertz CT molecular complexity index is 2190. The van der Waals surface area contributed by atoms with Crippen molar-refractivity contribution in [3.8, 4) is 23.0 Å². The van der Waals surface area contributed by atoms with Gasteiger partial charge < -0.3 is 29.9 Å². The van der Waals surface area contributed by atoms with Gasteiger partial charge in [-0.25, -0.2) is 0 Å². The monoisotopic (exact) mass is 1020 g/mol. The number of phenols is 4. The van der Waals surface area contributed by atoms with Crippen LogP contribution in [-0.4, -0.2) is 69.7 Å². The molecule has 0 unspecified atom stereocenters. The summed E-state index contributed by atoms with van der Waals surface area (Å²) in [6, 6.07) is 17.3. The van der Waals surface area contributed by atoms with Crippen LogP contribution in [0, 0.1) is 0 Å². The van der Waals surface area contributed by atoms with E-state index >= 15 is 0 Å². The van der Waals surface area contributed by atoms with Gasteiger partial charge in [-0.3, -0.25) is 9.80 Å². The SMILES string of the molecule is CC(C)(C)c1cc(CN(CCOCCOCCN(Cc2cc(C(C)(C)C)cc(C(C)(C)C)c2O)Cc2cc(C(C)(C)C)cc(C(C)(C)C)c2O)Cc2cc(C(C)(C)C)cc(C(C)(C)C)c2O)c(O)c(C(C)(C)C)c1. The van der Waals surface area contributed by atoms with Gasteiger partial charge in [-0.15, -0.1) is 0 Å². The van der Waals surface area contributed by atoms with Gasteiger partial charge in [0.25, 0.3) is 0 Å². The summed E-state index contributed by atoms with van der Waals surface area (Å²) < 4.78 is 12.7. The second-order valence-corrected chi connectivity index (χ2v) is 29.8. The molecule has 0 saturated heterocycles. The average Bonchev–Trinajstić information content (AvgIpc) is 3.20. The minimum absolute atomic E-state index is 0.127. The van der Waals surface area contributed by atoms with Gasteiger partial charge in [0.2, 0.25) is 0 Å². The van der Waals surface area contributed by atoms with Crippen LogP contribution < -0.4 is 0 Å². The lowest BCUT2D eigenvalue weighted by Crippen LogP contribution is -2.30. The molecule has 4 aromatic rings. The molecule has 4 aromatic carbocycles. The van der Waals surface area contributed by atoms with E-state index in [0.717, 1.165) is 44.5 Å². The number of rotatable bonds is 17. The van der Waals surface area contributed by atoms with Gasteiger partial charge in [0.1, 0.15) is 23.0 Å². The van der Waals surface area contributed by atoms with Crippen molar-refractivity contribution in [2.75, 3.05) is 39.5 Å². The maximum atomic E-state index is 11.9. The summed E-state index contributed by atoms with van der Waals surface area (Å²) in [5.41, 5.74) is 10.2. The fraction of sp³-hybridized carbons (Fsp3) is 0.636. The van der Waals surface area contributed by atoms with E-state index in [9.17, 15) is 20.4 Å². The molecule has 4 rings (SSSR count). The van der Waals surface area contributed by atoms with Gasteiger partial charge in [0.05, 0.1) is 26.4 Å². The Balaban J connectivity index is 1.62. The first-order valence-corrected chi connectivity index (χ1v) is 27.5. The fourth-order valence-electron chi connectivity index (χ4n) is 9.38. The molecule has 74 heavy (non-hydrogen) atoms. The van der Waals surface area contributed by atoms with E-state index < -0.39 is 0 Å². The van der Waals surface area contributed by atoms with Crippen LogP contribution in [-0.2, 0) is 79.0 Å². The van der Waals surface area contributed by atoms with Crippen molar-refractivity contribution in [2.24, 2.45) is 0 Å². The van der Waals surface area contributed by atoms with Crippen LogP contribution in [0.1, 0.15) is 233 Å². The zero-order valence-electron chi connectivity index (χ0n) is 51.2. The van der Waals surface area contributed by atoms with Crippen LogP contribution in [0.15, 0.2) is 48.5 Å². The van der Waals surface area contributed by atoms with Gasteiger partial charge in [0, 0.05) is 61.5 Å². The molecule has 0 bridgehead atoms. The molecule has 0 aliphatic carbocycles. The molecule has 8 nitrogen and oxygen atoms in total. The highest BCUT2D eigenvalue weighted by Gasteiger charge is 2.31. The number of nitrogens with zero attached hydrogens (tertiary/aromatic N) is 2. The average molecular weight is 1020 g/mol. The Morgan fingerprint density at radius 3 is 0.635 bits per heavy atom. The molecule has 0 saturated carbocycles. The minimum Gasteiger partial charge on any atom is -0.507 e. The van der Waals surface area contributed by atoms with E-state index in [2.05, 4.69) is 225 Å². The number of ether oxygens (including phenoxy) is 2. The van der Waals surface area contributed by atoms with Crippen LogP contribution >= 0.6 is 0 Å². The summed E-state index contributed by atoms with van der Waals surface area (Å²) in [4.78, 5) is 4.57. The topological polar surface area (TPSA) is 106 Å². The highest BCUT2D eigenvalue weighted by Crippen LogP contribution is 2.43.